The number of aromatic nitrogens is 1. The fourth-order valence-corrected chi connectivity index (χ4v) is 2.77. The van der Waals surface area contributed by atoms with Crippen LogP contribution in [0.4, 0.5) is 4.79 Å². The summed E-state index contributed by atoms with van der Waals surface area (Å²) < 4.78 is 1.65. The summed E-state index contributed by atoms with van der Waals surface area (Å²) in [4.78, 5) is 25.6. The zero-order valence-corrected chi connectivity index (χ0v) is 14.1. The topological polar surface area (TPSA) is 74.6 Å². The molecule has 1 aromatic heterocycles. The van der Waals surface area contributed by atoms with E-state index in [-0.39, 0.29) is 24.2 Å². The van der Waals surface area contributed by atoms with Crippen molar-refractivity contribution in [1.82, 2.24) is 14.8 Å². The van der Waals surface area contributed by atoms with Gasteiger partial charge >= 0.3 is 6.03 Å². The average molecular weight is 341 g/mol. The predicted octanol–water partition coefficient (Wildman–Crippen LogP) is 1.56. The minimum absolute atomic E-state index is 0.0164. The molecule has 1 aromatic carbocycles. The van der Waals surface area contributed by atoms with Crippen molar-refractivity contribution in [3.05, 3.63) is 70.1 Å². The number of amides is 2. The number of urea groups is 1. The fourth-order valence-electron chi connectivity index (χ4n) is 2.77. The normalized spacial score (nSPS) is 13.5. The molecular weight excluding hydrogens is 318 g/mol. The number of pyridine rings is 1. The Labute approximate surface area is 146 Å². The maximum absolute atomic E-state index is 12.2. The molecule has 1 aliphatic carbocycles. The van der Waals surface area contributed by atoms with Crippen LogP contribution in [0.5, 0.6) is 0 Å². The Balaban J connectivity index is 1.55. The Morgan fingerprint density at radius 1 is 1.16 bits per heavy atom. The third-order valence-corrected chi connectivity index (χ3v) is 4.31. The highest BCUT2D eigenvalue weighted by atomic mass is 16.3. The molecule has 1 aliphatic rings. The van der Waals surface area contributed by atoms with E-state index in [1.807, 2.05) is 30.3 Å². The van der Waals surface area contributed by atoms with E-state index in [4.69, 9.17) is 5.11 Å². The number of aliphatic hydroxyl groups is 1. The predicted molar refractivity (Wildman–Crippen MR) is 95.3 cm³/mol. The van der Waals surface area contributed by atoms with E-state index in [0.717, 1.165) is 24.0 Å². The van der Waals surface area contributed by atoms with Crippen molar-refractivity contribution in [2.75, 3.05) is 13.2 Å². The Bertz CT molecular complexity index is 766. The molecule has 2 N–H and O–H groups in total. The fraction of sp³-hybridized carbons (Fsp3) is 0.368. The molecule has 0 spiro atoms. The molecule has 25 heavy (non-hydrogen) atoms. The lowest BCUT2D eigenvalue weighted by molar-refractivity contribution is 0.173. The van der Waals surface area contributed by atoms with Gasteiger partial charge in [0.25, 0.3) is 5.56 Å². The SMILES string of the molecule is O=C(NCc1ccc(Cn2ccccc2=O)cc1)N(CCO)C1CC1. The van der Waals surface area contributed by atoms with Crippen LogP contribution in [0, 0.1) is 0 Å². The number of aliphatic hydroxyl groups excluding tert-OH is 1. The maximum atomic E-state index is 12.2. The van der Waals surface area contributed by atoms with Crippen LogP contribution in [0.2, 0.25) is 0 Å². The minimum Gasteiger partial charge on any atom is -0.395 e. The van der Waals surface area contributed by atoms with Crippen LogP contribution in [0.25, 0.3) is 0 Å². The van der Waals surface area contributed by atoms with Gasteiger partial charge in [0.2, 0.25) is 0 Å². The molecule has 6 nitrogen and oxygen atoms in total. The Kier molecular flexibility index (Phi) is 5.50. The van der Waals surface area contributed by atoms with Gasteiger partial charge < -0.3 is 19.9 Å². The third kappa shape index (κ3) is 4.70. The van der Waals surface area contributed by atoms with Crippen LogP contribution < -0.4 is 10.9 Å². The van der Waals surface area contributed by atoms with Gasteiger partial charge in [0.15, 0.2) is 0 Å². The quantitative estimate of drug-likeness (QED) is 0.803. The first-order valence-corrected chi connectivity index (χ1v) is 8.56. The molecule has 0 atom stereocenters. The number of carbonyl (C=O) groups is 1. The Morgan fingerprint density at radius 3 is 2.52 bits per heavy atom. The van der Waals surface area contributed by atoms with E-state index in [0.29, 0.717) is 19.6 Å². The Hall–Kier alpha value is -2.60. The average Bonchev–Trinajstić information content (AvgIpc) is 3.46. The molecule has 3 rings (SSSR count). The number of rotatable bonds is 7. The molecule has 1 heterocycles. The number of nitrogens with zero attached hydrogens (tertiary/aromatic N) is 2. The second-order valence-electron chi connectivity index (χ2n) is 6.29. The zero-order chi connectivity index (χ0) is 17.6. The number of hydrogen-bond donors (Lipinski definition) is 2. The first-order valence-electron chi connectivity index (χ1n) is 8.56. The van der Waals surface area contributed by atoms with Gasteiger partial charge in [0.1, 0.15) is 0 Å². The van der Waals surface area contributed by atoms with Crippen molar-refractivity contribution >= 4 is 6.03 Å². The number of hydrogen-bond acceptors (Lipinski definition) is 3. The van der Waals surface area contributed by atoms with Crippen LogP contribution in [0.15, 0.2) is 53.5 Å². The molecule has 132 valence electrons. The highest BCUT2D eigenvalue weighted by Gasteiger charge is 2.31. The molecule has 2 amide bonds. The van der Waals surface area contributed by atoms with E-state index in [1.54, 1.807) is 27.8 Å². The van der Waals surface area contributed by atoms with Crippen LogP contribution in [0.1, 0.15) is 24.0 Å². The lowest BCUT2D eigenvalue weighted by Crippen LogP contribution is -2.42. The van der Waals surface area contributed by atoms with Crippen molar-refractivity contribution in [3.63, 3.8) is 0 Å². The molecule has 0 bridgehead atoms. The summed E-state index contributed by atoms with van der Waals surface area (Å²) in [6.45, 7) is 1.33. The summed E-state index contributed by atoms with van der Waals surface area (Å²) in [6.07, 6.45) is 3.80. The van der Waals surface area contributed by atoms with E-state index >= 15 is 0 Å². The van der Waals surface area contributed by atoms with Crippen LogP contribution in [-0.2, 0) is 13.1 Å². The maximum Gasteiger partial charge on any atom is 0.317 e. The monoisotopic (exact) mass is 341 g/mol. The minimum atomic E-state index is -0.128. The van der Waals surface area contributed by atoms with Crippen LogP contribution in [0.3, 0.4) is 0 Å². The smallest absolute Gasteiger partial charge is 0.317 e. The van der Waals surface area contributed by atoms with Crippen LogP contribution >= 0.6 is 0 Å². The molecule has 0 radical (unpaired) electrons. The summed E-state index contributed by atoms with van der Waals surface area (Å²) >= 11 is 0. The summed E-state index contributed by atoms with van der Waals surface area (Å²) in [6, 6.07) is 13.1. The number of nitrogens with one attached hydrogen (secondary N) is 1. The van der Waals surface area contributed by atoms with Gasteiger partial charge in [-0.2, -0.15) is 0 Å². The van der Waals surface area contributed by atoms with Gasteiger partial charge in [0.05, 0.1) is 13.2 Å². The van der Waals surface area contributed by atoms with E-state index in [2.05, 4.69) is 5.32 Å². The molecule has 1 saturated carbocycles. The molecule has 0 saturated heterocycles. The lowest BCUT2D eigenvalue weighted by atomic mass is 10.1. The first-order chi connectivity index (χ1) is 12.2. The second kappa shape index (κ2) is 7.98. The van der Waals surface area contributed by atoms with E-state index in [9.17, 15) is 9.59 Å². The molecular formula is C19H23N3O3. The van der Waals surface area contributed by atoms with Gasteiger partial charge in [-0.25, -0.2) is 4.79 Å². The molecule has 0 aliphatic heterocycles. The van der Waals surface area contributed by atoms with Crippen molar-refractivity contribution in [2.24, 2.45) is 0 Å². The van der Waals surface area contributed by atoms with Gasteiger partial charge in [-0.15, -0.1) is 0 Å². The number of benzene rings is 1. The lowest BCUT2D eigenvalue weighted by Gasteiger charge is -2.21. The number of carbonyl (C=O) groups excluding carboxylic acids is 1. The summed E-state index contributed by atoms with van der Waals surface area (Å²) in [5, 5.41) is 12.0. The first kappa shape index (κ1) is 17.2. The van der Waals surface area contributed by atoms with Crippen molar-refractivity contribution in [1.29, 1.82) is 0 Å². The molecule has 6 heteroatoms. The summed E-state index contributed by atoms with van der Waals surface area (Å²) in [5.74, 6) is 0. The second-order valence-corrected chi connectivity index (χ2v) is 6.29. The van der Waals surface area contributed by atoms with Gasteiger partial charge in [-0.1, -0.05) is 30.3 Å². The largest absolute Gasteiger partial charge is 0.395 e. The van der Waals surface area contributed by atoms with Gasteiger partial charge in [-0.3, -0.25) is 4.79 Å². The van der Waals surface area contributed by atoms with Crippen molar-refractivity contribution < 1.29 is 9.90 Å². The van der Waals surface area contributed by atoms with Gasteiger partial charge in [0, 0.05) is 31.4 Å². The van der Waals surface area contributed by atoms with Crippen molar-refractivity contribution in [3.8, 4) is 0 Å². The summed E-state index contributed by atoms with van der Waals surface area (Å²) in [5.41, 5.74) is 2.00. The molecule has 0 unspecified atom stereocenters. The highest BCUT2D eigenvalue weighted by Crippen LogP contribution is 2.26. The highest BCUT2D eigenvalue weighted by molar-refractivity contribution is 5.74. The van der Waals surface area contributed by atoms with Crippen molar-refractivity contribution in [2.45, 2.75) is 32.0 Å². The molecule has 2 aromatic rings. The zero-order valence-electron chi connectivity index (χ0n) is 14.1. The van der Waals surface area contributed by atoms with Gasteiger partial charge in [-0.05, 0) is 30.0 Å². The Morgan fingerprint density at radius 2 is 1.88 bits per heavy atom. The standard InChI is InChI=1S/C19H23N3O3/c23-12-11-22(17-8-9-17)19(25)20-13-15-4-6-16(7-5-15)14-21-10-2-1-3-18(21)24/h1-7,10,17,23H,8-9,11-14H2,(H,20,25). The summed E-state index contributed by atoms with van der Waals surface area (Å²) in [7, 11) is 0. The van der Waals surface area contributed by atoms with E-state index < -0.39 is 0 Å². The van der Waals surface area contributed by atoms with Crippen LogP contribution in [-0.4, -0.2) is 39.8 Å². The third-order valence-electron chi connectivity index (χ3n) is 4.31. The van der Waals surface area contributed by atoms with E-state index in [1.165, 1.54) is 0 Å². The molecule has 1 fully saturated rings.